The zero-order valence-corrected chi connectivity index (χ0v) is 14.1. The standard InChI is InChI=1S/C17H18N4OS/c1-10-12(19-11(2)18)8-9-15-16(10)21-17(23-15)20-13-6-4-5-7-14(13)22-3/h4-9H,1-3H3,(H2,18,19)(H,20,21). The molecule has 0 aliphatic heterocycles. The van der Waals surface area contributed by atoms with Gasteiger partial charge < -0.3 is 15.8 Å². The number of nitrogens with two attached hydrogens (primary N) is 1. The molecule has 2 aromatic carbocycles. The van der Waals surface area contributed by atoms with Gasteiger partial charge in [0.15, 0.2) is 5.13 Å². The average molecular weight is 326 g/mol. The van der Waals surface area contributed by atoms with Crippen LogP contribution in [-0.4, -0.2) is 17.9 Å². The molecule has 0 aliphatic carbocycles. The van der Waals surface area contributed by atoms with Gasteiger partial charge in [-0.1, -0.05) is 23.5 Å². The molecule has 118 valence electrons. The number of nitrogens with one attached hydrogen (secondary N) is 1. The van der Waals surface area contributed by atoms with Gasteiger partial charge >= 0.3 is 0 Å². The van der Waals surface area contributed by atoms with Crippen LogP contribution in [-0.2, 0) is 0 Å². The average Bonchev–Trinajstić information content (AvgIpc) is 2.94. The second kappa shape index (κ2) is 6.26. The van der Waals surface area contributed by atoms with Crippen molar-refractivity contribution < 1.29 is 4.74 Å². The monoisotopic (exact) mass is 326 g/mol. The molecule has 0 saturated carbocycles. The Bertz CT molecular complexity index is 881. The van der Waals surface area contributed by atoms with E-state index in [0.29, 0.717) is 5.84 Å². The second-order valence-electron chi connectivity index (χ2n) is 5.15. The lowest BCUT2D eigenvalue weighted by Gasteiger charge is -2.07. The van der Waals surface area contributed by atoms with E-state index in [0.717, 1.165) is 38.0 Å². The smallest absolute Gasteiger partial charge is 0.188 e. The summed E-state index contributed by atoms with van der Waals surface area (Å²) in [5, 5.41) is 4.14. The summed E-state index contributed by atoms with van der Waals surface area (Å²) in [6.45, 7) is 3.79. The minimum Gasteiger partial charge on any atom is -0.495 e. The zero-order chi connectivity index (χ0) is 16.4. The topological polar surface area (TPSA) is 72.5 Å². The number of aryl methyl sites for hydroxylation is 1. The molecule has 0 amide bonds. The van der Waals surface area contributed by atoms with Crippen molar-refractivity contribution in [3.8, 4) is 5.75 Å². The molecule has 0 aliphatic rings. The first-order valence-electron chi connectivity index (χ1n) is 7.19. The van der Waals surface area contributed by atoms with Gasteiger partial charge in [0.25, 0.3) is 0 Å². The Labute approximate surface area is 138 Å². The summed E-state index contributed by atoms with van der Waals surface area (Å²) in [5.41, 5.74) is 9.39. The maximum Gasteiger partial charge on any atom is 0.188 e. The molecule has 1 heterocycles. The number of methoxy groups -OCH3 is 1. The van der Waals surface area contributed by atoms with Crippen LogP contribution in [0.25, 0.3) is 10.2 Å². The number of fused-ring (bicyclic) bond motifs is 1. The Kier molecular flexibility index (Phi) is 4.16. The molecule has 5 nitrogen and oxygen atoms in total. The number of rotatable bonds is 4. The summed E-state index contributed by atoms with van der Waals surface area (Å²) in [4.78, 5) is 9.04. The third-order valence-electron chi connectivity index (χ3n) is 3.43. The molecule has 3 rings (SSSR count). The highest BCUT2D eigenvalue weighted by molar-refractivity contribution is 7.22. The number of hydrogen-bond acceptors (Lipinski definition) is 5. The fourth-order valence-electron chi connectivity index (χ4n) is 2.34. The quantitative estimate of drug-likeness (QED) is 0.552. The third kappa shape index (κ3) is 3.12. The van der Waals surface area contributed by atoms with Gasteiger partial charge in [-0.3, -0.25) is 0 Å². The largest absolute Gasteiger partial charge is 0.495 e. The van der Waals surface area contributed by atoms with Gasteiger partial charge in [0.1, 0.15) is 5.75 Å². The van der Waals surface area contributed by atoms with Crippen molar-refractivity contribution in [1.29, 1.82) is 0 Å². The molecule has 6 heteroatoms. The Balaban J connectivity index is 2.00. The first-order chi connectivity index (χ1) is 11.1. The first-order valence-corrected chi connectivity index (χ1v) is 8.01. The summed E-state index contributed by atoms with van der Waals surface area (Å²) < 4.78 is 6.47. The minimum absolute atomic E-state index is 0.537. The van der Waals surface area contributed by atoms with E-state index < -0.39 is 0 Å². The van der Waals surface area contributed by atoms with Gasteiger partial charge in [-0.2, -0.15) is 0 Å². The molecule has 0 unspecified atom stereocenters. The Morgan fingerprint density at radius 2 is 2.04 bits per heavy atom. The summed E-state index contributed by atoms with van der Waals surface area (Å²) in [6, 6.07) is 11.8. The van der Waals surface area contributed by atoms with Gasteiger partial charge in [-0.15, -0.1) is 0 Å². The molecule has 0 fully saturated rings. The van der Waals surface area contributed by atoms with Crippen LogP contribution in [0, 0.1) is 6.92 Å². The Morgan fingerprint density at radius 1 is 1.26 bits per heavy atom. The number of hydrogen-bond donors (Lipinski definition) is 2. The molecule has 0 radical (unpaired) electrons. The molecule has 23 heavy (non-hydrogen) atoms. The van der Waals surface area contributed by atoms with E-state index in [1.165, 1.54) is 0 Å². The van der Waals surface area contributed by atoms with Crippen LogP contribution in [0.3, 0.4) is 0 Å². The molecular weight excluding hydrogens is 308 g/mol. The number of benzene rings is 2. The van der Waals surface area contributed by atoms with E-state index in [1.807, 2.05) is 43.3 Å². The predicted octanol–water partition coefficient (Wildman–Crippen LogP) is 4.37. The Hall–Kier alpha value is -2.60. The van der Waals surface area contributed by atoms with E-state index in [-0.39, 0.29) is 0 Å². The maximum atomic E-state index is 5.68. The molecule has 1 aromatic heterocycles. The number of aromatic nitrogens is 1. The number of anilines is 2. The van der Waals surface area contributed by atoms with E-state index in [4.69, 9.17) is 15.5 Å². The van der Waals surface area contributed by atoms with Crippen molar-refractivity contribution in [1.82, 2.24) is 4.98 Å². The summed E-state index contributed by atoms with van der Waals surface area (Å²) >= 11 is 1.60. The highest BCUT2D eigenvalue weighted by atomic mass is 32.1. The molecule has 3 aromatic rings. The molecule has 3 N–H and O–H groups in total. The highest BCUT2D eigenvalue weighted by Gasteiger charge is 2.11. The van der Waals surface area contributed by atoms with Crippen molar-refractivity contribution in [2.24, 2.45) is 10.7 Å². The van der Waals surface area contributed by atoms with E-state index in [2.05, 4.69) is 10.3 Å². The van der Waals surface area contributed by atoms with E-state index in [1.54, 1.807) is 25.4 Å². The number of amidine groups is 1. The van der Waals surface area contributed by atoms with Gasteiger partial charge in [0.05, 0.1) is 34.5 Å². The van der Waals surface area contributed by atoms with Gasteiger partial charge in [-0.25, -0.2) is 9.98 Å². The summed E-state index contributed by atoms with van der Waals surface area (Å²) in [6.07, 6.45) is 0. The Morgan fingerprint density at radius 3 is 2.78 bits per heavy atom. The number of para-hydroxylation sites is 2. The minimum atomic E-state index is 0.537. The summed E-state index contributed by atoms with van der Waals surface area (Å²) in [5.74, 6) is 1.32. The van der Waals surface area contributed by atoms with Gasteiger partial charge in [0.2, 0.25) is 0 Å². The van der Waals surface area contributed by atoms with E-state index >= 15 is 0 Å². The fourth-order valence-corrected chi connectivity index (χ4v) is 3.28. The zero-order valence-electron chi connectivity index (χ0n) is 13.3. The second-order valence-corrected chi connectivity index (χ2v) is 6.18. The number of ether oxygens (including phenoxy) is 1. The van der Waals surface area contributed by atoms with Crippen LogP contribution in [0.15, 0.2) is 41.4 Å². The molecule has 0 saturated heterocycles. The number of nitrogens with zero attached hydrogens (tertiary/aromatic N) is 2. The number of aliphatic imine (C=N–C) groups is 1. The normalized spacial score (nSPS) is 11.7. The summed E-state index contributed by atoms with van der Waals surface area (Å²) in [7, 11) is 1.66. The van der Waals surface area contributed by atoms with Crippen molar-refractivity contribution in [3.63, 3.8) is 0 Å². The van der Waals surface area contributed by atoms with Gasteiger partial charge in [0, 0.05) is 5.56 Å². The van der Waals surface area contributed by atoms with Gasteiger partial charge in [-0.05, 0) is 38.1 Å². The maximum absolute atomic E-state index is 5.68. The molecule has 0 atom stereocenters. The van der Waals surface area contributed by atoms with Crippen LogP contribution in [0.2, 0.25) is 0 Å². The van der Waals surface area contributed by atoms with Crippen LogP contribution in [0.5, 0.6) is 5.75 Å². The van der Waals surface area contributed by atoms with Crippen molar-refractivity contribution in [2.45, 2.75) is 13.8 Å². The SMILES string of the molecule is COc1ccccc1Nc1nc2c(C)c(N=C(C)N)ccc2s1. The molecule has 0 spiro atoms. The highest BCUT2D eigenvalue weighted by Crippen LogP contribution is 2.35. The predicted molar refractivity (Wildman–Crippen MR) is 97.6 cm³/mol. The first kappa shape index (κ1) is 15.3. The molecular formula is C17H18N4OS. The van der Waals surface area contributed by atoms with E-state index in [9.17, 15) is 0 Å². The van der Waals surface area contributed by atoms with Crippen LogP contribution < -0.4 is 15.8 Å². The van der Waals surface area contributed by atoms with Crippen LogP contribution in [0.4, 0.5) is 16.5 Å². The third-order valence-corrected chi connectivity index (χ3v) is 4.37. The van der Waals surface area contributed by atoms with Crippen LogP contribution >= 0.6 is 11.3 Å². The van der Waals surface area contributed by atoms with Crippen molar-refractivity contribution in [2.75, 3.05) is 12.4 Å². The van der Waals surface area contributed by atoms with Crippen molar-refractivity contribution >= 4 is 43.9 Å². The van der Waals surface area contributed by atoms with Crippen molar-refractivity contribution in [3.05, 3.63) is 42.0 Å². The lowest BCUT2D eigenvalue weighted by atomic mass is 10.2. The lowest BCUT2D eigenvalue weighted by Crippen LogP contribution is -2.04. The molecule has 0 bridgehead atoms. The number of thiazole rings is 1. The lowest BCUT2D eigenvalue weighted by molar-refractivity contribution is 0.417. The van der Waals surface area contributed by atoms with Crippen LogP contribution in [0.1, 0.15) is 12.5 Å². The fraction of sp³-hybridized carbons (Fsp3) is 0.176.